The van der Waals surface area contributed by atoms with Crippen molar-refractivity contribution in [3.63, 3.8) is 0 Å². The highest BCUT2D eigenvalue weighted by Crippen LogP contribution is 2.20. The van der Waals surface area contributed by atoms with Gasteiger partial charge in [-0.1, -0.05) is 25.5 Å². The van der Waals surface area contributed by atoms with Gasteiger partial charge in [-0.25, -0.2) is 9.98 Å². The van der Waals surface area contributed by atoms with Gasteiger partial charge in [0.2, 0.25) is 5.95 Å². The second-order valence-corrected chi connectivity index (χ2v) is 5.49. The van der Waals surface area contributed by atoms with E-state index in [4.69, 9.17) is 4.74 Å². The number of unbranched alkanes of at least 4 members (excludes halogenated alkanes) is 1. The molecule has 0 unspecified atom stereocenters. The Morgan fingerprint density at radius 1 is 1.13 bits per heavy atom. The number of ether oxygens (including phenoxy) is 1. The number of rotatable bonds is 6. The van der Waals surface area contributed by atoms with Crippen LogP contribution in [0.3, 0.4) is 0 Å². The summed E-state index contributed by atoms with van der Waals surface area (Å²) in [7, 11) is 1.98. The fourth-order valence-electron chi connectivity index (χ4n) is 2.37. The average Bonchev–Trinajstić information content (AvgIpc) is 2.91. The number of para-hydroxylation sites is 2. The van der Waals surface area contributed by atoms with E-state index in [9.17, 15) is 0 Å². The Morgan fingerprint density at radius 3 is 2.65 bits per heavy atom. The van der Waals surface area contributed by atoms with Crippen LogP contribution in [0.4, 0.5) is 5.95 Å². The van der Waals surface area contributed by atoms with Crippen LogP contribution in [0.2, 0.25) is 0 Å². The Bertz CT molecular complexity index is 803. The highest BCUT2D eigenvalue weighted by atomic mass is 16.5. The lowest BCUT2D eigenvalue weighted by molar-refractivity contribution is 0.309. The molecule has 0 spiro atoms. The first kappa shape index (κ1) is 15.3. The third-order valence-corrected chi connectivity index (χ3v) is 3.74. The summed E-state index contributed by atoms with van der Waals surface area (Å²) in [5.74, 6) is 1.60. The molecule has 3 aromatic rings. The monoisotopic (exact) mass is 307 g/mol. The number of aliphatic imine (C=N–C) groups is 1. The molecule has 1 heterocycles. The van der Waals surface area contributed by atoms with Crippen LogP contribution < -0.4 is 4.74 Å². The zero-order valence-electron chi connectivity index (χ0n) is 13.6. The lowest BCUT2D eigenvalue weighted by Crippen LogP contribution is -1.96. The number of benzene rings is 2. The maximum absolute atomic E-state index is 5.66. The number of hydrogen-bond acceptors (Lipinski definition) is 3. The molecular weight excluding hydrogens is 286 g/mol. The van der Waals surface area contributed by atoms with Gasteiger partial charge < -0.3 is 9.30 Å². The molecule has 1 aromatic heterocycles. The third-order valence-electron chi connectivity index (χ3n) is 3.74. The van der Waals surface area contributed by atoms with E-state index < -0.39 is 0 Å². The fraction of sp³-hybridized carbons (Fsp3) is 0.263. The van der Waals surface area contributed by atoms with Crippen LogP contribution >= 0.6 is 0 Å². The largest absolute Gasteiger partial charge is 0.494 e. The highest BCUT2D eigenvalue weighted by molar-refractivity contribution is 5.83. The molecule has 0 amide bonds. The van der Waals surface area contributed by atoms with E-state index in [2.05, 4.69) is 16.9 Å². The SMILES string of the molecule is CCCCOc1ccc(C=Nc2nc3ccccc3n2C)cc1. The number of aryl methyl sites for hydroxylation is 1. The van der Waals surface area contributed by atoms with Crippen LogP contribution in [0.5, 0.6) is 5.75 Å². The Kier molecular flexibility index (Phi) is 4.71. The molecule has 0 aliphatic heterocycles. The summed E-state index contributed by atoms with van der Waals surface area (Å²) in [5, 5.41) is 0. The van der Waals surface area contributed by atoms with E-state index in [1.165, 1.54) is 0 Å². The zero-order chi connectivity index (χ0) is 16.1. The number of imidazole rings is 1. The van der Waals surface area contributed by atoms with Gasteiger partial charge in [0.05, 0.1) is 17.6 Å². The van der Waals surface area contributed by atoms with Gasteiger partial charge in [-0.2, -0.15) is 0 Å². The highest BCUT2D eigenvalue weighted by Gasteiger charge is 2.04. The van der Waals surface area contributed by atoms with E-state index >= 15 is 0 Å². The van der Waals surface area contributed by atoms with Crippen molar-refractivity contribution in [1.29, 1.82) is 0 Å². The van der Waals surface area contributed by atoms with Crippen molar-refractivity contribution in [2.75, 3.05) is 6.61 Å². The summed E-state index contributed by atoms with van der Waals surface area (Å²) in [5.41, 5.74) is 3.07. The fourth-order valence-corrected chi connectivity index (χ4v) is 2.37. The van der Waals surface area contributed by atoms with Crippen LogP contribution in [0, 0.1) is 0 Å². The molecule has 0 bridgehead atoms. The van der Waals surface area contributed by atoms with Crippen molar-refractivity contribution in [3.05, 3.63) is 54.1 Å². The van der Waals surface area contributed by atoms with Gasteiger partial charge in [-0.05, 0) is 48.4 Å². The quantitative estimate of drug-likeness (QED) is 0.497. The van der Waals surface area contributed by atoms with Gasteiger partial charge in [-0.15, -0.1) is 0 Å². The maximum atomic E-state index is 5.66. The molecule has 0 saturated heterocycles. The maximum Gasteiger partial charge on any atom is 0.230 e. The molecule has 0 N–H and O–H groups in total. The van der Waals surface area contributed by atoms with Crippen LogP contribution in [0.1, 0.15) is 25.3 Å². The lowest BCUT2D eigenvalue weighted by Gasteiger charge is -2.04. The number of fused-ring (bicyclic) bond motifs is 1. The van der Waals surface area contributed by atoms with E-state index in [0.717, 1.165) is 41.8 Å². The van der Waals surface area contributed by atoms with E-state index in [-0.39, 0.29) is 0 Å². The molecule has 0 atom stereocenters. The molecule has 118 valence electrons. The molecule has 2 aromatic carbocycles. The Balaban J connectivity index is 1.72. The summed E-state index contributed by atoms with van der Waals surface area (Å²) in [6, 6.07) is 16.0. The number of nitrogens with zero attached hydrogens (tertiary/aromatic N) is 3. The van der Waals surface area contributed by atoms with Gasteiger partial charge in [-0.3, -0.25) is 0 Å². The summed E-state index contributed by atoms with van der Waals surface area (Å²) in [4.78, 5) is 9.04. The minimum absolute atomic E-state index is 0.703. The van der Waals surface area contributed by atoms with E-state index in [0.29, 0.717) is 5.95 Å². The second kappa shape index (κ2) is 7.09. The minimum atomic E-state index is 0.703. The first-order chi connectivity index (χ1) is 11.3. The normalized spacial score (nSPS) is 11.4. The summed E-state index contributed by atoms with van der Waals surface area (Å²) in [6.07, 6.45) is 4.05. The van der Waals surface area contributed by atoms with Crippen LogP contribution in [0.15, 0.2) is 53.5 Å². The predicted molar refractivity (Wildman–Crippen MR) is 94.8 cm³/mol. The van der Waals surface area contributed by atoms with Gasteiger partial charge in [0.15, 0.2) is 0 Å². The van der Waals surface area contributed by atoms with Crippen molar-refractivity contribution in [2.24, 2.45) is 12.0 Å². The minimum Gasteiger partial charge on any atom is -0.494 e. The first-order valence-corrected chi connectivity index (χ1v) is 7.96. The van der Waals surface area contributed by atoms with Crippen molar-refractivity contribution in [3.8, 4) is 5.75 Å². The van der Waals surface area contributed by atoms with Gasteiger partial charge >= 0.3 is 0 Å². The molecular formula is C19H21N3O. The smallest absolute Gasteiger partial charge is 0.230 e. The summed E-state index contributed by atoms with van der Waals surface area (Å²) in [6.45, 7) is 2.92. The van der Waals surface area contributed by atoms with Crippen LogP contribution in [-0.2, 0) is 7.05 Å². The standard InChI is InChI=1S/C19H21N3O/c1-3-4-13-23-16-11-9-15(10-12-16)14-20-19-21-17-7-5-6-8-18(17)22(19)2/h5-12,14H,3-4,13H2,1-2H3. The molecule has 0 fully saturated rings. The average molecular weight is 307 g/mol. The summed E-state index contributed by atoms with van der Waals surface area (Å²) < 4.78 is 7.66. The molecule has 4 nitrogen and oxygen atoms in total. The van der Waals surface area contributed by atoms with Gasteiger partial charge in [0.25, 0.3) is 0 Å². The number of hydrogen-bond donors (Lipinski definition) is 0. The first-order valence-electron chi connectivity index (χ1n) is 7.96. The van der Waals surface area contributed by atoms with Crippen LogP contribution in [-0.4, -0.2) is 22.4 Å². The molecule has 3 rings (SSSR count). The third kappa shape index (κ3) is 3.59. The second-order valence-electron chi connectivity index (χ2n) is 5.49. The number of aromatic nitrogens is 2. The molecule has 4 heteroatoms. The molecule has 0 aliphatic carbocycles. The zero-order valence-corrected chi connectivity index (χ0v) is 13.6. The van der Waals surface area contributed by atoms with E-state index in [1.807, 2.05) is 66.4 Å². The summed E-state index contributed by atoms with van der Waals surface area (Å²) >= 11 is 0. The van der Waals surface area contributed by atoms with Crippen LogP contribution in [0.25, 0.3) is 11.0 Å². The lowest BCUT2D eigenvalue weighted by atomic mass is 10.2. The van der Waals surface area contributed by atoms with E-state index in [1.54, 1.807) is 0 Å². The van der Waals surface area contributed by atoms with Crippen molar-refractivity contribution >= 4 is 23.2 Å². The van der Waals surface area contributed by atoms with Crippen molar-refractivity contribution < 1.29 is 4.74 Å². The Labute approximate surface area is 136 Å². The van der Waals surface area contributed by atoms with Gasteiger partial charge in [0.1, 0.15) is 5.75 Å². The van der Waals surface area contributed by atoms with Crippen molar-refractivity contribution in [1.82, 2.24) is 9.55 Å². The molecule has 0 saturated carbocycles. The Morgan fingerprint density at radius 2 is 1.91 bits per heavy atom. The molecule has 0 radical (unpaired) electrons. The molecule has 0 aliphatic rings. The van der Waals surface area contributed by atoms with Crippen molar-refractivity contribution in [2.45, 2.75) is 19.8 Å². The predicted octanol–water partition coefficient (Wildman–Crippen LogP) is 4.50. The molecule has 23 heavy (non-hydrogen) atoms. The topological polar surface area (TPSA) is 39.4 Å². The van der Waals surface area contributed by atoms with Gasteiger partial charge in [0, 0.05) is 13.3 Å². The Hall–Kier alpha value is -2.62.